The summed E-state index contributed by atoms with van der Waals surface area (Å²) in [4.78, 5) is 28.3. The van der Waals surface area contributed by atoms with Gasteiger partial charge in [0.25, 0.3) is 5.56 Å². The van der Waals surface area contributed by atoms with Crippen LogP contribution in [0.15, 0.2) is 47.3 Å². The number of nitrogens with zero attached hydrogens (tertiary/aromatic N) is 2. The Kier molecular flexibility index (Phi) is 3.89. The van der Waals surface area contributed by atoms with Crippen molar-refractivity contribution in [3.8, 4) is 11.5 Å². The van der Waals surface area contributed by atoms with Crippen LogP contribution in [-0.4, -0.2) is 27.4 Å². The molecule has 1 aromatic heterocycles. The topological polar surface area (TPSA) is 90.7 Å². The maximum absolute atomic E-state index is 12.7. The molecule has 3 aromatic rings. The van der Waals surface area contributed by atoms with Gasteiger partial charge in [0.05, 0.1) is 10.9 Å². The van der Waals surface area contributed by atoms with Crippen LogP contribution in [0, 0.1) is 0 Å². The number of carboxylic acids is 1. The zero-order valence-corrected chi connectivity index (χ0v) is 13.6. The Morgan fingerprint density at radius 2 is 2.00 bits per heavy atom. The fourth-order valence-electron chi connectivity index (χ4n) is 2.85. The molecule has 0 saturated heterocycles. The molecule has 0 radical (unpaired) electrons. The second-order valence-corrected chi connectivity index (χ2v) is 5.69. The molecule has 0 saturated carbocycles. The number of hydrogen-bond acceptors (Lipinski definition) is 5. The van der Waals surface area contributed by atoms with E-state index in [4.69, 9.17) is 14.6 Å². The Balaban J connectivity index is 1.84. The maximum Gasteiger partial charge on any atom is 0.323 e. The van der Waals surface area contributed by atoms with Crippen molar-refractivity contribution in [2.75, 3.05) is 6.79 Å². The van der Waals surface area contributed by atoms with Crippen LogP contribution < -0.4 is 15.0 Å². The number of ether oxygens (including phenoxy) is 2. The molecule has 2 heterocycles. The van der Waals surface area contributed by atoms with E-state index < -0.39 is 18.1 Å². The highest BCUT2D eigenvalue weighted by atomic mass is 16.7. The molecule has 7 nitrogen and oxygen atoms in total. The molecular formula is C19H14N2O5. The smallest absolute Gasteiger partial charge is 0.323 e. The predicted octanol–water partition coefficient (Wildman–Crippen LogP) is 2.38. The van der Waals surface area contributed by atoms with Gasteiger partial charge in [0.2, 0.25) is 6.79 Å². The monoisotopic (exact) mass is 350 g/mol. The van der Waals surface area contributed by atoms with Gasteiger partial charge in [0, 0.05) is 5.56 Å². The lowest BCUT2D eigenvalue weighted by atomic mass is 10.1. The number of benzene rings is 2. The molecule has 2 aromatic carbocycles. The first kappa shape index (κ1) is 15.9. The Morgan fingerprint density at radius 3 is 2.85 bits per heavy atom. The van der Waals surface area contributed by atoms with Crippen LogP contribution >= 0.6 is 0 Å². The number of aromatic nitrogens is 2. The zero-order chi connectivity index (χ0) is 18.1. The van der Waals surface area contributed by atoms with E-state index >= 15 is 0 Å². The number of carboxylic acid groups (broad SMARTS) is 1. The first-order valence-electron chi connectivity index (χ1n) is 7.91. The molecule has 0 amide bonds. The van der Waals surface area contributed by atoms with E-state index in [9.17, 15) is 9.59 Å². The third-order valence-corrected chi connectivity index (χ3v) is 4.02. The molecule has 1 aliphatic heterocycles. The number of carbonyl (C=O) groups is 1. The van der Waals surface area contributed by atoms with Gasteiger partial charge in [-0.05, 0) is 30.4 Å². The SMILES string of the molecule is O=C(O)Cn1c(/C=C/c2cccc3c2OCO3)nc2ccccc2c1=O. The Morgan fingerprint density at radius 1 is 1.15 bits per heavy atom. The molecule has 1 N–H and O–H groups in total. The average Bonchev–Trinajstić information content (AvgIpc) is 3.12. The van der Waals surface area contributed by atoms with Crippen LogP contribution in [-0.2, 0) is 11.3 Å². The molecule has 4 rings (SSSR count). The summed E-state index contributed by atoms with van der Waals surface area (Å²) in [6.07, 6.45) is 3.33. The molecule has 0 spiro atoms. The molecule has 0 aliphatic carbocycles. The first-order valence-corrected chi connectivity index (χ1v) is 7.91. The van der Waals surface area contributed by atoms with Crippen LogP contribution in [0.5, 0.6) is 11.5 Å². The van der Waals surface area contributed by atoms with Gasteiger partial charge < -0.3 is 14.6 Å². The molecule has 1 aliphatic rings. The Labute approximate surface area is 147 Å². The van der Waals surface area contributed by atoms with Crippen molar-refractivity contribution >= 4 is 29.0 Å². The van der Waals surface area contributed by atoms with E-state index in [0.29, 0.717) is 22.4 Å². The third-order valence-electron chi connectivity index (χ3n) is 4.02. The van der Waals surface area contributed by atoms with Gasteiger partial charge in [-0.2, -0.15) is 0 Å². The van der Waals surface area contributed by atoms with Gasteiger partial charge in [0.1, 0.15) is 12.4 Å². The summed E-state index contributed by atoms with van der Waals surface area (Å²) in [6.45, 7) is -0.318. The van der Waals surface area contributed by atoms with Gasteiger partial charge in [-0.3, -0.25) is 14.2 Å². The van der Waals surface area contributed by atoms with Crippen molar-refractivity contribution in [2.45, 2.75) is 6.54 Å². The number of aliphatic carboxylic acids is 1. The highest BCUT2D eigenvalue weighted by Crippen LogP contribution is 2.36. The summed E-state index contributed by atoms with van der Waals surface area (Å²) >= 11 is 0. The van der Waals surface area contributed by atoms with E-state index in [-0.39, 0.29) is 12.6 Å². The summed E-state index contributed by atoms with van der Waals surface area (Å²) in [5, 5.41) is 9.53. The minimum Gasteiger partial charge on any atom is -0.480 e. The summed E-state index contributed by atoms with van der Waals surface area (Å²) in [6, 6.07) is 12.3. The summed E-state index contributed by atoms with van der Waals surface area (Å²) < 4.78 is 11.9. The Bertz CT molecular complexity index is 1100. The van der Waals surface area contributed by atoms with Gasteiger partial charge in [-0.25, -0.2) is 4.98 Å². The van der Waals surface area contributed by atoms with Crippen molar-refractivity contribution < 1.29 is 19.4 Å². The van der Waals surface area contributed by atoms with Crippen LogP contribution in [0.2, 0.25) is 0 Å². The number of hydrogen-bond donors (Lipinski definition) is 1. The lowest BCUT2D eigenvalue weighted by molar-refractivity contribution is -0.137. The minimum absolute atomic E-state index is 0.151. The molecule has 0 bridgehead atoms. The standard InChI is InChI=1S/C19H14N2O5/c22-17(23)10-21-16(20-14-6-2-1-5-13(14)19(21)24)9-8-12-4-3-7-15-18(12)26-11-25-15/h1-9H,10-11H2,(H,22,23)/b9-8+. The second-order valence-electron chi connectivity index (χ2n) is 5.69. The molecule has 0 atom stereocenters. The van der Waals surface area contributed by atoms with E-state index in [2.05, 4.69) is 4.98 Å². The van der Waals surface area contributed by atoms with Gasteiger partial charge in [-0.1, -0.05) is 24.3 Å². The highest BCUT2D eigenvalue weighted by Gasteiger charge is 2.16. The fourth-order valence-corrected chi connectivity index (χ4v) is 2.85. The third kappa shape index (κ3) is 2.79. The normalized spacial score (nSPS) is 12.8. The first-order chi connectivity index (χ1) is 12.6. The Hall–Kier alpha value is -3.61. The van der Waals surface area contributed by atoms with Crippen molar-refractivity contribution in [1.29, 1.82) is 0 Å². The summed E-state index contributed by atoms with van der Waals surface area (Å²) in [7, 11) is 0. The second kappa shape index (κ2) is 6.36. The van der Waals surface area contributed by atoms with E-state index in [1.807, 2.05) is 12.1 Å². The number of rotatable bonds is 4. The van der Waals surface area contributed by atoms with E-state index in [1.165, 1.54) is 0 Å². The van der Waals surface area contributed by atoms with Crippen molar-refractivity contribution in [3.05, 3.63) is 64.2 Å². The molecule has 0 fully saturated rings. The van der Waals surface area contributed by atoms with Gasteiger partial charge in [0.15, 0.2) is 11.5 Å². The molecule has 130 valence electrons. The maximum atomic E-state index is 12.7. The number of fused-ring (bicyclic) bond motifs is 2. The van der Waals surface area contributed by atoms with Crippen molar-refractivity contribution in [3.63, 3.8) is 0 Å². The van der Waals surface area contributed by atoms with Crippen molar-refractivity contribution in [1.82, 2.24) is 9.55 Å². The van der Waals surface area contributed by atoms with Crippen LogP contribution in [0.1, 0.15) is 11.4 Å². The molecule has 7 heteroatoms. The molecular weight excluding hydrogens is 336 g/mol. The van der Waals surface area contributed by atoms with E-state index in [1.54, 1.807) is 42.5 Å². The molecule has 0 unspecified atom stereocenters. The molecule has 26 heavy (non-hydrogen) atoms. The van der Waals surface area contributed by atoms with Crippen molar-refractivity contribution in [2.24, 2.45) is 0 Å². The van der Waals surface area contributed by atoms with Crippen LogP contribution in [0.3, 0.4) is 0 Å². The summed E-state index contributed by atoms with van der Waals surface area (Å²) in [5.41, 5.74) is 0.872. The minimum atomic E-state index is -1.11. The zero-order valence-electron chi connectivity index (χ0n) is 13.6. The lowest BCUT2D eigenvalue weighted by Gasteiger charge is -2.09. The summed E-state index contributed by atoms with van der Waals surface area (Å²) in [5.74, 6) is 0.391. The predicted molar refractivity (Wildman–Crippen MR) is 95.1 cm³/mol. The van der Waals surface area contributed by atoms with Crippen LogP contribution in [0.4, 0.5) is 0 Å². The van der Waals surface area contributed by atoms with Gasteiger partial charge in [-0.15, -0.1) is 0 Å². The lowest BCUT2D eigenvalue weighted by Crippen LogP contribution is -2.27. The quantitative estimate of drug-likeness (QED) is 0.777. The van der Waals surface area contributed by atoms with Crippen LogP contribution in [0.25, 0.3) is 23.1 Å². The van der Waals surface area contributed by atoms with E-state index in [0.717, 1.165) is 10.1 Å². The van der Waals surface area contributed by atoms with Gasteiger partial charge >= 0.3 is 5.97 Å². The number of para-hydroxylation sites is 2. The largest absolute Gasteiger partial charge is 0.480 e. The fraction of sp³-hybridized carbons (Fsp3) is 0.105. The highest BCUT2D eigenvalue weighted by molar-refractivity contribution is 5.80. The average molecular weight is 350 g/mol.